The average molecular weight is 549 g/mol. The number of sulfonamides is 1. The molecule has 1 saturated heterocycles. The molecule has 1 fully saturated rings. The molecule has 39 heavy (non-hydrogen) atoms. The Labute approximate surface area is 233 Å². The number of nitrogens with one attached hydrogen (secondary N) is 2. The van der Waals surface area contributed by atoms with Crippen LogP contribution in [0.2, 0.25) is 0 Å². The monoisotopic (exact) mass is 548 g/mol. The second kappa shape index (κ2) is 13.0. The zero-order chi connectivity index (χ0) is 27.8. The number of benzene rings is 3. The molecule has 0 saturated carbocycles. The van der Waals surface area contributed by atoms with Gasteiger partial charge in [-0.1, -0.05) is 29.8 Å². The molecule has 7 nitrogen and oxygen atoms in total. The third kappa shape index (κ3) is 7.53. The molecule has 8 heteroatoms. The van der Waals surface area contributed by atoms with Gasteiger partial charge in [-0.15, -0.1) is 0 Å². The Kier molecular flexibility index (Phi) is 9.51. The lowest BCUT2D eigenvalue weighted by Gasteiger charge is -2.31. The van der Waals surface area contributed by atoms with Gasteiger partial charge in [0.05, 0.1) is 16.3 Å². The maximum Gasteiger partial charge on any atom is 0.261 e. The Morgan fingerprint density at radius 2 is 1.67 bits per heavy atom. The molecule has 2 N–H and O–H groups in total. The molecular formula is C31H40N4O3S. The van der Waals surface area contributed by atoms with Crippen molar-refractivity contribution in [3.8, 4) is 0 Å². The van der Waals surface area contributed by atoms with Gasteiger partial charge in [0.25, 0.3) is 15.9 Å². The van der Waals surface area contributed by atoms with E-state index in [1.807, 2.05) is 13.0 Å². The van der Waals surface area contributed by atoms with Crippen molar-refractivity contribution < 1.29 is 13.2 Å². The SMILES string of the molecule is CCN(CCCNC(=O)c1ccc(N2CCCCC2)c(NS(=O)(=O)c2ccc(C)cc2)c1)c1cccc(C)c1. The molecule has 0 aliphatic carbocycles. The summed E-state index contributed by atoms with van der Waals surface area (Å²) in [7, 11) is -3.81. The van der Waals surface area contributed by atoms with Crippen molar-refractivity contribution in [1.82, 2.24) is 5.32 Å². The Balaban J connectivity index is 1.46. The summed E-state index contributed by atoms with van der Waals surface area (Å²) < 4.78 is 29.2. The fraction of sp³-hybridized carbons (Fsp3) is 0.387. The van der Waals surface area contributed by atoms with Crippen LogP contribution in [0.3, 0.4) is 0 Å². The minimum Gasteiger partial charge on any atom is -0.372 e. The smallest absolute Gasteiger partial charge is 0.261 e. The summed E-state index contributed by atoms with van der Waals surface area (Å²) in [6.45, 7) is 10.1. The number of carbonyl (C=O) groups excluding carboxylic acids is 1. The highest BCUT2D eigenvalue weighted by atomic mass is 32.2. The maximum atomic E-state index is 13.2. The first kappa shape index (κ1) is 28.5. The number of rotatable bonds is 11. The van der Waals surface area contributed by atoms with Crippen molar-refractivity contribution in [2.24, 2.45) is 0 Å². The standard InChI is InChI=1S/C31H40N4O3S/c1-4-34(27-11-8-10-25(3)22-27)21-9-18-32-31(36)26-14-17-30(35-19-6-5-7-20-35)29(23-26)33-39(37,38)28-15-12-24(2)13-16-28/h8,10-17,22-23,33H,4-7,9,18-21H2,1-3H3,(H,32,36). The topological polar surface area (TPSA) is 81.8 Å². The number of nitrogens with zero attached hydrogens (tertiary/aromatic N) is 2. The van der Waals surface area contributed by atoms with E-state index in [1.54, 1.807) is 36.4 Å². The van der Waals surface area contributed by atoms with Gasteiger partial charge in [0.15, 0.2) is 0 Å². The number of hydrogen-bond donors (Lipinski definition) is 2. The minimum atomic E-state index is -3.81. The van der Waals surface area contributed by atoms with E-state index in [1.165, 1.54) is 17.7 Å². The summed E-state index contributed by atoms with van der Waals surface area (Å²) in [4.78, 5) is 17.8. The van der Waals surface area contributed by atoms with Crippen molar-refractivity contribution in [1.29, 1.82) is 0 Å². The summed E-state index contributed by atoms with van der Waals surface area (Å²) in [6.07, 6.45) is 4.08. The van der Waals surface area contributed by atoms with Crippen molar-refractivity contribution in [2.45, 2.75) is 51.3 Å². The first-order valence-electron chi connectivity index (χ1n) is 13.8. The first-order chi connectivity index (χ1) is 18.8. The van der Waals surface area contributed by atoms with Gasteiger partial charge in [-0.05, 0) is 94.5 Å². The highest BCUT2D eigenvalue weighted by Crippen LogP contribution is 2.31. The van der Waals surface area contributed by atoms with Crippen LogP contribution in [0.5, 0.6) is 0 Å². The van der Waals surface area contributed by atoms with Crippen LogP contribution in [0.1, 0.15) is 54.1 Å². The molecule has 0 bridgehead atoms. The molecular weight excluding hydrogens is 508 g/mol. The fourth-order valence-corrected chi connectivity index (χ4v) is 6.02. The van der Waals surface area contributed by atoms with Crippen LogP contribution in [-0.4, -0.2) is 47.0 Å². The van der Waals surface area contributed by atoms with Crippen LogP contribution >= 0.6 is 0 Å². The van der Waals surface area contributed by atoms with Gasteiger partial charge in [0, 0.05) is 44.0 Å². The average Bonchev–Trinajstić information content (AvgIpc) is 2.93. The molecule has 1 heterocycles. The molecule has 0 atom stereocenters. The normalized spacial score (nSPS) is 13.7. The van der Waals surface area contributed by atoms with E-state index in [0.717, 1.165) is 56.7 Å². The second-order valence-corrected chi connectivity index (χ2v) is 11.9. The predicted molar refractivity (Wildman–Crippen MR) is 161 cm³/mol. The van der Waals surface area contributed by atoms with Gasteiger partial charge in [-0.3, -0.25) is 9.52 Å². The zero-order valence-corrected chi connectivity index (χ0v) is 24.1. The molecule has 3 aromatic carbocycles. The van der Waals surface area contributed by atoms with Crippen LogP contribution in [0.15, 0.2) is 71.6 Å². The molecule has 1 amide bonds. The molecule has 0 radical (unpaired) electrons. The third-order valence-electron chi connectivity index (χ3n) is 7.17. The molecule has 0 spiro atoms. The Bertz CT molecular complexity index is 1370. The van der Waals surface area contributed by atoms with E-state index in [0.29, 0.717) is 17.8 Å². The van der Waals surface area contributed by atoms with E-state index in [-0.39, 0.29) is 10.8 Å². The number of amides is 1. The summed E-state index contributed by atoms with van der Waals surface area (Å²) in [5.41, 5.74) is 5.06. The molecule has 0 aromatic heterocycles. The van der Waals surface area contributed by atoms with Gasteiger partial charge in [-0.2, -0.15) is 0 Å². The van der Waals surface area contributed by atoms with Gasteiger partial charge in [0.1, 0.15) is 0 Å². The number of aryl methyl sites for hydroxylation is 2. The minimum absolute atomic E-state index is 0.196. The van der Waals surface area contributed by atoms with Crippen LogP contribution in [0, 0.1) is 13.8 Å². The third-order valence-corrected chi connectivity index (χ3v) is 8.55. The molecule has 0 unspecified atom stereocenters. The number of carbonyl (C=O) groups is 1. The van der Waals surface area contributed by atoms with E-state index >= 15 is 0 Å². The number of hydrogen-bond acceptors (Lipinski definition) is 5. The largest absolute Gasteiger partial charge is 0.372 e. The Hall–Kier alpha value is -3.52. The van der Waals surface area contributed by atoms with Crippen LogP contribution in [-0.2, 0) is 10.0 Å². The Morgan fingerprint density at radius 3 is 2.36 bits per heavy atom. The second-order valence-electron chi connectivity index (χ2n) is 10.2. The molecule has 1 aliphatic heterocycles. The maximum absolute atomic E-state index is 13.2. The molecule has 1 aliphatic rings. The molecule has 3 aromatic rings. The highest BCUT2D eigenvalue weighted by molar-refractivity contribution is 7.92. The number of anilines is 3. The summed E-state index contributed by atoms with van der Waals surface area (Å²) in [5.74, 6) is -0.213. The lowest BCUT2D eigenvalue weighted by molar-refractivity contribution is 0.0953. The lowest BCUT2D eigenvalue weighted by Crippen LogP contribution is -2.31. The summed E-state index contributed by atoms with van der Waals surface area (Å²) in [5, 5.41) is 3.01. The first-order valence-corrected chi connectivity index (χ1v) is 15.3. The van der Waals surface area contributed by atoms with Gasteiger partial charge in [0.2, 0.25) is 0 Å². The van der Waals surface area contributed by atoms with Crippen LogP contribution < -0.4 is 19.8 Å². The van der Waals surface area contributed by atoms with Gasteiger partial charge in [-0.25, -0.2) is 8.42 Å². The highest BCUT2D eigenvalue weighted by Gasteiger charge is 2.21. The van der Waals surface area contributed by atoms with E-state index in [2.05, 4.69) is 58.0 Å². The Morgan fingerprint density at radius 1 is 0.923 bits per heavy atom. The van der Waals surface area contributed by atoms with E-state index in [4.69, 9.17) is 0 Å². The van der Waals surface area contributed by atoms with Crippen molar-refractivity contribution in [2.75, 3.05) is 47.2 Å². The van der Waals surface area contributed by atoms with Gasteiger partial charge >= 0.3 is 0 Å². The summed E-state index contributed by atoms with van der Waals surface area (Å²) >= 11 is 0. The van der Waals surface area contributed by atoms with Crippen molar-refractivity contribution in [3.63, 3.8) is 0 Å². The summed E-state index contributed by atoms with van der Waals surface area (Å²) in [6, 6.07) is 20.5. The zero-order valence-electron chi connectivity index (χ0n) is 23.2. The fourth-order valence-electron chi connectivity index (χ4n) is 4.96. The lowest BCUT2D eigenvalue weighted by atomic mass is 10.1. The van der Waals surface area contributed by atoms with Crippen LogP contribution in [0.4, 0.5) is 17.1 Å². The van der Waals surface area contributed by atoms with Crippen molar-refractivity contribution >= 4 is 33.0 Å². The van der Waals surface area contributed by atoms with E-state index < -0.39 is 10.0 Å². The quantitative estimate of drug-likeness (QED) is 0.299. The molecule has 4 rings (SSSR count). The van der Waals surface area contributed by atoms with Gasteiger partial charge < -0.3 is 15.1 Å². The van der Waals surface area contributed by atoms with E-state index in [9.17, 15) is 13.2 Å². The molecule has 208 valence electrons. The van der Waals surface area contributed by atoms with Crippen LogP contribution in [0.25, 0.3) is 0 Å². The number of piperidine rings is 1. The predicted octanol–water partition coefficient (Wildman–Crippen LogP) is 5.74. The van der Waals surface area contributed by atoms with Crippen molar-refractivity contribution in [3.05, 3.63) is 83.4 Å².